The van der Waals surface area contributed by atoms with Gasteiger partial charge in [-0.15, -0.1) is 0 Å². The summed E-state index contributed by atoms with van der Waals surface area (Å²) in [5.74, 6) is -3.87. The number of Topliss-reactive ketones (excluding diaryl/α,β-unsaturated/α-hetero) is 2. The quantitative estimate of drug-likeness (QED) is 0.0241. The zero-order valence-electron chi connectivity index (χ0n) is 62.7. The lowest BCUT2D eigenvalue weighted by atomic mass is 9.98. The van der Waals surface area contributed by atoms with Gasteiger partial charge in [0.15, 0.2) is 11.6 Å². The number of carboxylic acids is 1. The third-order valence-electron chi connectivity index (χ3n) is 18.7. The first-order valence-corrected chi connectivity index (χ1v) is 35.9. The summed E-state index contributed by atoms with van der Waals surface area (Å²) in [5.41, 5.74) is 12.1. The lowest BCUT2D eigenvalue weighted by Gasteiger charge is -2.18. The number of alkyl halides is 15. The number of fused-ring (bicyclic) bond motifs is 3. The summed E-state index contributed by atoms with van der Waals surface area (Å²) < 4.78 is 194. The number of carbonyl (C=O) groups excluding carboxylic acids is 5. The maximum absolute atomic E-state index is 13.6. The number of nitrogens with two attached hydrogens (primary N) is 1. The van der Waals surface area contributed by atoms with Gasteiger partial charge in [-0.1, -0.05) is 84.0 Å². The number of nitrogens with zero attached hydrogens (tertiary/aromatic N) is 6. The monoisotopic (exact) mass is 1610 g/mol. The van der Waals surface area contributed by atoms with Crippen molar-refractivity contribution < 1.29 is 99.7 Å². The van der Waals surface area contributed by atoms with Crippen LogP contribution in [0.15, 0.2) is 164 Å². The highest BCUT2D eigenvalue weighted by atomic mass is 19.4. The molecule has 0 radical (unpaired) electrons. The minimum Gasteiger partial charge on any atom is -0.478 e. The van der Waals surface area contributed by atoms with Crippen molar-refractivity contribution >= 4 is 58.0 Å². The van der Waals surface area contributed by atoms with E-state index in [0.717, 1.165) is 82.2 Å². The minimum absolute atomic E-state index is 0.0494. The van der Waals surface area contributed by atoms with Crippen molar-refractivity contribution in [3.8, 4) is 0 Å². The summed E-state index contributed by atoms with van der Waals surface area (Å²) in [6, 6.07) is 35.4. The smallest absolute Gasteiger partial charge is 0.416 e. The van der Waals surface area contributed by atoms with Gasteiger partial charge in [-0.25, -0.2) is 31.1 Å². The highest BCUT2D eigenvalue weighted by molar-refractivity contribution is 5.99. The highest BCUT2D eigenvalue weighted by Gasteiger charge is 2.34. The van der Waals surface area contributed by atoms with Gasteiger partial charge in [-0.3, -0.25) is 38.9 Å². The molecule has 115 heavy (non-hydrogen) atoms. The molecule has 0 bridgehead atoms. The summed E-state index contributed by atoms with van der Waals surface area (Å²) in [5, 5.41) is 16.8. The van der Waals surface area contributed by atoms with E-state index in [-0.39, 0.29) is 79.1 Å². The number of hydrogen-bond acceptors (Lipinski definition) is 13. The number of ketones is 2. The SMILES string of the molecule is CC(C)C(=O)NCc1cnc(C(F)F)c(C(=O)Cc2ccc3c(c2)CN(c2ccc(C(F)(F)F)cc2)C3)c1.CC(C)C(=O)NCc1cnc(C(F)F)c(C(=O)Cc2ccc3c(c2)CN(c2ccc(C(F)(F)F)cc2)C3)c1.CC(C)C(=O)NCc1cnc(C(F)F)c(C(=O)O)c1.Nc1ccc2c(c1)CN(c1ccc(C(F)(F)F)cc1)C2. The number of amides is 3. The molecule has 0 spiro atoms. The average molecular weight is 1610 g/mol. The van der Waals surface area contributed by atoms with Crippen LogP contribution in [0.25, 0.3) is 0 Å². The van der Waals surface area contributed by atoms with E-state index in [2.05, 4.69) is 30.9 Å². The second-order valence-corrected chi connectivity index (χ2v) is 28.3. The van der Waals surface area contributed by atoms with Gasteiger partial charge >= 0.3 is 24.5 Å². The molecular formula is C83H79F15N10O7. The van der Waals surface area contributed by atoms with Crippen LogP contribution in [-0.4, -0.2) is 55.3 Å². The number of carboxylic acid groups (broad SMARTS) is 1. The average Bonchev–Trinajstić information content (AvgIpc) is 1.67. The van der Waals surface area contributed by atoms with Crippen molar-refractivity contribution in [2.75, 3.05) is 20.4 Å². The topological polar surface area (TPSA) is 233 Å². The molecule has 0 fully saturated rings. The zero-order chi connectivity index (χ0) is 84.1. The summed E-state index contributed by atoms with van der Waals surface area (Å²) in [6.45, 7) is 13.7. The van der Waals surface area contributed by atoms with Crippen LogP contribution in [0.1, 0.15) is 187 Å². The Labute approximate surface area is 651 Å². The number of carbonyl (C=O) groups is 6. The number of rotatable bonds is 22. The molecule has 3 aliphatic rings. The fraction of sp³-hybridized carbons (Fsp3) is 0.313. The fourth-order valence-electron chi connectivity index (χ4n) is 12.4. The molecule has 6 aromatic carbocycles. The van der Waals surface area contributed by atoms with E-state index in [9.17, 15) is 94.6 Å². The second-order valence-electron chi connectivity index (χ2n) is 28.3. The maximum Gasteiger partial charge on any atom is 0.416 e. The maximum atomic E-state index is 13.6. The van der Waals surface area contributed by atoms with Crippen LogP contribution in [0.3, 0.4) is 0 Å². The Balaban J connectivity index is 0.000000184. The molecule has 0 saturated heterocycles. The van der Waals surface area contributed by atoms with E-state index in [1.165, 1.54) is 66.5 Å². The Morgan fingerprint density at radius 1 is 0.374 bits per heavy atom. The van der Waals surface area contributed by atoms with Crippen LogP contribution in [-0.2, 0) is 105 Å². The molecule has 6 heterocycles. The van der Waals surface area contributed by atoms with Gasteiger partial charge < -0.3 is 41.5 Å². The summed E-state index contributed by atoms with van der Waals surface area (Å²) in [6.07, 6.45) is -18.6. The van der Waals surface area contributed by atoms with Crippen LogP contribution < -0.4 is 36.4 Å². The van der Waals surface area contributed by atoms with Crippen molar-refractivity contribution in [3.05, 3.63) is 276 Å². The summed E-state index contributed by atoms with van der Waals surface area (Å²) >= 11 is 0. The number of pyridine rings is 3. The Morgan fingerprint density at radius 2 is 0.643 bits per heavy atom. The molecule has 0 unspecified atom stereocenters. The third-order valence-corrected chi connectivity index (χ3v) is 18.7. The van der Waals surface area contributed by atoms with Gasteiger partial charge in [0.25, 0.3) is 19.3 Å². The van der Waals surface area contributed by atoms with Crippen molar-refractivity contribution in [2.24, 2.45) is 17.8 Å². The number of anilines is 4. The normalized spacial score (nSPS) is 13.1. The number of halogens is 15. The third kappa shape index (κ3) is 23.4. The van der Waals surface area contributed by atoms with E-state index in [4.69, 9.17) is 10.8 Å². The summed E-state index contributed by atoms with van der Waals surface area (Å²) in [4.78, 5) is 88.9. The molecule has 0 aliphatic carbocycles. The van der Waals surface area contributed by atoms with Crippen molar-refractivity contribution in [1.82, 2.24) is 30.9 Å². The Hall–Kier alpha value is -11.9. The molecule has 3 aliphatic heterocycles. The van der Waals surface area contributed by atoms with Gasteiger partial charge in [0.1, 0.15) is 17.1 Å². The van der Waals surface area contributed by atoms with E-state index < -0.39 is 94.7 Å². The van der Waals surface area contributed by atoms with Gasteiger partial charge in [0.2, 0.25) is 17.7 Å². The van der Waals surface area contributed by atoms with E-state index in [0.29, 0.717) is 84.1 Å². The molecule has 17 nitrogen and oxygen atoms in total. The number of aromatic carboxylic acids is 1. The first-order chi connectivity index (χ1) is 54.1. The van der Waals surface area contributed by atoms with E-state index in [1.807, 2.05) is 57.2 Å². The molecule has 32 heteroatoms. The fourth-order valence-corrected chi connectivity index (χ4v) is 12.4. The molecule has 608 valence electrons. The van der Waals surface area contributed by atoms with Crippen molar-refractivity contribution in [2.45, 2.75) is 151 Å². The Bertz CT molecular complexity index is 4780. The molecule has 9 aromatic rings. The van der Waals surface area contributed by atoms with Gasteiger partial charge in [-0.05, 0) is 164 Å². The predicted octanol–water partition coefficient (Wildman–Crippen LogP) is 18.3. The molecule has 6 N–H and O–H groups in total. The second kappa shape index (κ2) is 37.4. The van der Waals surface area contributed by atoms with Gasteiger partial charge in [-0.2, -0.15) is 39.5 Å². The minimum atomic E-state index is -4.41. The number of aromatic nitrogens is 3. The number of nitrogen functional groups attached to an aromatic ring is 1. The molecular weight excluding hydrogens is 1530 g/mol. The summed E-state index contributed by atoms with van der Waals surface area (Å²) in [7, 11) is 0. The van der Waals surface area contributed by atoms with Crippen molar-refractivity contribution in [1.29, 1.82) is 0 Å². The van der Waals surface area contributed by atoms with Crippen LogP contribution in [0.4, 0.5) is 88.6 Å². The lowest BCUT2D eigenvalue weighted by molar-refractivity contribution is -0.138. The number of benzene rings is 6. The Morgan fingerprint density at radius 3 is 0.922 bits per heavy atom. The van der Waals surface area contributed by atoms with Crippen molar-refractivity contribution in [3.63, 3.8) is 0 Å². The highest BCUT2D eigenvalue weighted by Crippen LogP contribution is 2.38. The first-order valence-electron chi connectivity index (χ1n) is 35.9. The lowest BCUT2D eigenvalue weighted by Crippen LogP contribution is -2.27. The molecule has 3 aromatic heterocycles. The molecule has 3 amide bonds. The van der Waals surface area contributed by atoms with Crippen LogP contribution in [0.5, 0.6) is 0 Å². The molecule has 0 saturated carbocycles. The van der Waals surface area contributed by atoms with Gasteiger partial charge in [0.05, 0.1) is 22.3 Å². The standard InChI is InChI=1S/2C28H26F5N3O2.C15H13F3N2.C12H14F2N2O3/c2*1-16(2)27(38)35-13-18-10-23(25(26(29)30)34-12-18)24(37)11-17-3-4-19-14-36(15-20(19)9-17)22-7-5-21(6-8-22)28(31,32)33;16-15(17,18)12-2-5-14(6-3-12)20-8-10-1-4-13(19)7-11(10)9-20;1-6(2)11(17)16-5-7-3-8(12(18)19)9(10(13)14)15-4-7/h2*3-10,12,16,26H,11,13-15H2,1-2H3,(H,35,38);1-7H,8-9,19H2;3-4,6,10H,5H2,1-2H3,(H,16,17)(H,18,19). The van der Waals surface area contributed by atoms with E-state index in [1.54, 1.807) is 53.7 Å². The largest absolute Gasteiger partial charge is 0.478 e. The van der Waals surface area contributed by atoms with Crippen LogP contribution in [0.2, 0.25) is 0 Å². The van der Waals surface area contributed by atoms with Crippen LogP contribution in [0, 0.1) is 17.8 Å². The zero-order valence-corrected chi connectivity index (χ0v) is 62.7. The van der Waals surface area contributed by atoms with Gasteiger partial charge in [0, 0.05) is 142 Å². The Kier molecular flexibility index (Phi) is 28.3. The number of hydrogen-bond donors (Lipinski definition) is 5. The first kappa shape index (κ1) is 87.1. The predicted molar refractivity (Wildman–Crippen MR) is 398 cm³/mol. The van der Waals surface area contributed by atoms with E-state index >= 15 is 0 Å². The number of nitrogens with one attached hydrogen (secondary N) is 3. The van der Waals surface area contributed by atoms with Crippen LogP contribution >= 0.6 is 0 Å². The molecule has 12 rings (SSSR count). The molecule has 0 atom stereocenters.